The summed E-state index contributed by atoms with van der Waals surface area (Å²) >= 11 is 0. The van der Waals surface area contributed by atoms with Crippen molar-refractivity contribution in [2.75, 3.05) is 26.2 Å². The van der Waals surface area contributed by atoms with Crippen LogP contribution >= 0.6 is 0 Å². The lowest BCUT2D eigenvalue weighted by atomic mass is 10.3. The minimum Gasteiger partial charge on any atom is -0.391 e. The maximum Gasteiger partial charge on any atom is 0.250 e. The summed E-state index contributed by atoms with van der Waals surface area (Å²) in [5.41, 5.74) is 1.06. The van der Waals surface area contributed by atoms with Crippen LogP contribution < -0.4 is 10.9 Å². The van der Waals surface area contributed by atoms with E-state index in [1.165, 1.54) is 0 Å². The molecule has 2 rings (SSSR count). The Labute approximate surface area is 137 Å². The van der Waals surface area contributed by atoms with Crippen molar-refractivity contribution in [1.29, 1.82) is 0 Å². The van der Waals surface area contributed by atoms with Crippen LogP contribution in [0.5, 0.6) is 0 Å². The monoisotopic (exact) mass is 320 g/mol. The summed E-state index contributed by atoms with van der Waals surface area (Å²) in [4.78, 5) is 18.5. The van der Waals surface area contributed by atoms with E-state index >= 15 is 0 Å². The molecule has 0 saturated carbocycles. The van der Waals surface area contributed by atoms with Crippen molar-refractivity contribution >= 4 is 5.96 Å². The second-order valence-electron chi connectivity index (χ2n) is 5.99. The molecule has 1 aromatic heterocycles. The largest absolute Gasteiger partial charge is 0.391 e. The predicted molar refractivity (Wildman–Crippen MR) is 92.8 cm³/mol. The zero-order chi connectivity index (χ0) is 16.7. The van der Waals surface area contributed by atoms with E-state index in [0.717, 1.165) is 57.1 Å². The lowest BCUT2D eigenvalue weighted by Gasteiger charge is -2.20. The van der Waals surface area contributed by atoms with Crippen molar-refractivity contribution in [3.8, 4) is 0 Å². The average Bonchev–Trinajstić information content (AvgIpc) is 2.95. The van der Waals surface area contributed by atoms with E-state index < -0.39 is 0 Å². The Hall–Kier alpha value is -1.82. The molecule has 1 atom stereocenters. The zero-order valence-electron chi connectivity index (χ0n) is 14.2. The first-order valence-corrected chi connectivity index (χ1v) is 8.49. The van der Waals surface area contributed by atoms with Gasteiger partial charge >= 0.3 is 0 Å². The van der Waals surface area contributed by atoms with Crippen LogP contribution in [0.4, 0.5) is 0 Å². The van der Waals surface area contributed by atoms with Crippen LogP contribution in [-0.4, -0.2) is 52.8 Å². The number of aryl methyl sites for hydroxylation is 1. The van der Waals surface area contributed by atoms with Crippen LogP contribution in [0.2, 0.25) is 0 Å². The van der Waals surface area contributed by atoms with E-state index in [-0.39, 0.29) is 11.7 Å². The number of β-amino-alcohol motifs (C(OH)–C–C–N with tert-alkyl or cyclic N) is 1. The van der Waals surface area contributed by atoms with Gasteiger partial charge in [-0.15, -0.1) is 0 Å². The number of hydrogen-bond donors (Lipinski definition) is 2. The summed E-state index contributed by atoms with van der Waals surface area (Å²) in [7, 11) is 0. The SMILES string of the molecule is CCNC(=NCCCCn1c(C)cccc1=O)N1CC[C@@H](O)C1. The number of likely N-dealkylation sites (tertiary alicyclic amines) is 1. The van der Waals surface area contributed by atoms with Crippen molar-refractivity contribution in [2.24, 2.45) is 4.99 Å². The number of rotatable bonds is 6. The third kappa shape index (κ3) is 5.10. The van der Waals surface area contributed by atoms with Crippen molar-refractivity contribution in [3.63, 3.8) is 0 Å². The molecule has 6 nitrogen and oxygen atoms in total. The van der Waals surface area contributed by atoms with Gasteiger partial charge in [-0.2, -0.15) is 0 Å². The Morgan fingerprint density at radius 1 is 1.43 bits per heavy atom. The molecule has 128 valence electrons. The molecule has 1 aromatic rings. The highest BCUT2D eigenvalue weighted by Gasteiger charge is 2.22. The molecular formula is C17H28N4O2. The fourth-order valence-corrected chi connectivity index (χ4v) is 2.84. The molecule has 0 aromatic carbocycles. The number of aliphatic hydroxyl groups excluding tert-OH is 1. The van der Waals surface area contributed by atoms with E-state index in [1.54, 1.807) is 12.1 Å². The van der Waals surface area contributed by atoms with Crippen LogP contribution in [0.3, 0.4) is 0 Å². The summed E-state index contributed by atoms with van der Waals surface area (Å²) in [5.74, 6) is 0.886. The number of guanidine groups is 1. The maximum atomic E-state index is 11.8. The summed E-state index contributed by atoms with van der Waals surface area (Å²) < 4.78 is 1.81. The van der Waals surface area contributed by atoms with Gasteiger partial charge in [0.25, 0.3) is 5.56 Å². The highest BCUT2D eigenvalue weighted by molar-refractivity contribution is 5.80. The van der Waals surface area contributed by atoms with E-state index in [9.17, 15) is 9.90 Å². The number of aliphatic hydroxyl groups is 1. The molecule has 0 bridgehead atoms. The van der Waals surface area contributed by atoms with Gasteiger partial charge in [-0.1, -0.05) is 6.07 Å². The topological polar surface area (TPSA) is 69.9 Å². The molecule has 2 N–H and O–H groups in total. The van der Waals surface area contributed by atoms with E-state index in [4.69, 9.17) is 0 Å². The molecular weight excluding hydrogens is 292 g/mol. The first-order chi connectivity index (χ1) is 11.1. The smallest absolute Gasteiger partial charge is 0.250 e. The second kappa shape index (κ2) is 8.72. The Morgan fingerprint density at radius 3 is 2.91 bits per heavy atom. The number of pyridine rings is 1. The zero-order valence-corrected chi connectivity index (χ0v) is 14.2. The number of nitrogens with zero attached hydrogens (tertiary/aromatic N) is 3. The fourth-order valence-electron chi connectivity index (χ4n) is 2.84. The number of nitrogens with one attached hydrogen (secondary N) is 1. The standard InChI is InChI=1S/C17H28N4O2/c1-3-18-17(20-12-9-15(22)13-20)19-10-4-5-11-21-14(2)7-6-8-16(21)23/h6-8,15,22H,3-5,9-13H2,1-2H3,(H,18,19)/t15-/m1/s1. The first kappa shape index (κ1) is 17.5. The highest BCUT2D eigenvalue weighted by atomic mass is 16.3. The normalized spacial score (nSPS) is 18.5. The third-order valence-corrected chi connectivity index (χ3v) is 4.12. The minimum absolute atomic E-state index is 0.0629. The fraction of sp³-hybridized carbons (Fsp3) is 0.647. The van der Waals surface area contributed by atoms with Crippen LogP contribution in [0.1, 0.15) is 31.9 Å². The van der Waals surface area contributed by atoms with Gasteiger partial charge in [0.05, 0.1) is 6.10 Å². The average molecular weight is 320 g/mol. The van der Waals surface area contributed by atoms with Crippen molar-refractivity contribution < 1.29 is 5.11 Å². The summed E-state index contributed by atoms with van der Waals surface area (Å²) in [6.07, 6.45) is 2.43. The molecule has 6 heteroatoms. The van der Waals surface area contributed by atoms with Gasteiger partial charge < -0.3 is 19.9 Å². The number of unbranched alkanes of at least 4 members (excludes halogenated alkanes) is 1. The van der Waals surface area contributed by atoms with Gasteiger partial charge in [-0.3, -0.25) is 9.79 Å². The van der Waals surface area contributed by atoms with Crippen LogP contribution in [-0.2, 0) is 6.54 Å². The molecule has 0 radical (unpaired) electrons. The van der Waals surface area contributed by atoms with Crippen molar-refractivity contribution in [2.45, 2.75) is 45.8 Å². The third-order valence-electron chi connectivity index (χ3n) is 4.12. The Morgan fingerprint density at radius 2 is 2.26 bits per heavy atom. The quantitative estimate of drug-likeness (QED) is 0.465. The molecule has 2 heterocycles. The van der Waals surface area contributed by atoms with Crippen LogP contribution in [0, 0.1) is 6.92 Å². The lowest BCUT2D eigenvalue weighted by molar-refractivity contribution is 0.188. The molecule has 1 aliphatic heterocycles. The van der Waals surface area contributed by atoms with Crippen molar-refractivity contribution in [3.05, 3.63) is 34.2 Å². The minimum atomic E-state index is -0.244. The van der Waals surface area contributed by atoms with Gasteiger partial charge in [0.2, 0.25) is 0 Å². The van der Waals surface area contributed by atoms with Gasteiger partial charge in [0.15, 0.2) is 5.96 Å². The van der Waals surface area contributed by atoms with Crippen LogP contribution in [0.25, 0.3) is 0 Å². The highest BCUT2D eigenvalue weighted by Crippen LogP contribution is 2.09. The molecule has 1 aliphatic rings. The second-order valence-corrected chi connectivity index (χ2v) is 5.99. The van der Waals surface area contributed by atoms with Crippen molar-refractivity contribution in [1.82, 2.24) is 14.8 Å². The summed E-state index contributed by atoms with van der Waals surface area (Å²) in [6.45, 7) is 7.81. The number of aliphatic imine (C=N–C) groups is 1. The lowest BCUT2D eigenvalue weighted by Crippen LogP contribution is -2.40. The van der Waals surface area contributed by atoms with Gasteiger partial charge in [0, 0.05) is 44.5 Å². The van der Waals surface area contributed by atoms with E-state index in [2.05, 4.69) is 15.2 Å². The number of aromatic nitrogens is 1. The molecule has 0 amide bonds. The maximum absolute atomic E-state index is 11.8. The van der Waals surface area contributed by atoms with Gasteiger partial charge in [-0.25, -0.2) is 0 Å². The first-order valence-electron chi connectivity index (χ1n) is 8.49. The molecule has 0 aliphatic carbocycles. The van der Waals surface area contributed by atoms with E-state index in [1.807, 2.05) is 24.5 Å². The molecule has 1 fully saturated rings. The Bertz CT molecular complexity index is 582. The summed E-state index contributed by atoms with van der Waals surface area (Å²) in [5, 5.41) is 12.9. The molecule has 0 unspecified atom stereocenters. The molecule has 1 saturated heterocycles. The summed E-state index contributed by atoms with van der Waals surface area (Å²) in [6, 6.07) is 5.36. The van der Waals surface area contributed by atoms with Gasteiger partial charge in [-0.05, 0) is 39.2 Å². The predicted octanol–water partition coefficient (Wildman–Crippen LogP) is 0.969. The van der Waals surface area contributed by atoms with E-state index in [0.29, 0.717) is 6.54 Å². The van der Waals surface area contributed by atoms with Crippen LogP contribution in [0.15, 0.2) is 28.0 Å². The molecule has 23 heavy (non-hydrogen) atoms. The molecule has 0 spiro atoms. The number of hydrogen-bond acceptors (Lipinski definition) is 3. The van der Waals surface area contributed by atoms with Gasteiger partial charge in [0.1, 0.15) is 0 Å². The Kier molecular flexibility index (Phi) is 6.65. The Balaban J connectivity index is 1.81.